The average Bonchev–Trinajstić information content (AvgIpc) is 2.47. The summed E-state index contributed by atoms with van der Waals surface area (Å²) in [5.74, 6) is 0.142. The zero-order valence-electron chi connectivity index (χ0n) is 12.1. The molecule has 110 valence electrons. The van der Waals surface area contributed by atoms with Crippen molar-refractivity contribution in [3.8, 4) is 0 Å². The summed E-state index contributed by atoms with van der Waals surface area (Å²) in [5, 5.41) is 11.7. The second kappa shape index (κ2) is 6.72. The Balaban J connectivity index is 2.04. The normalized spacial score (nSPS) is 24.8. The van der Waals surface area contributed by atoms with E-state index in [4.69, 9.17) is 15.7 Å². The quantitative estimate of drug-likeness (QED) is 0.381. The van der Waals surface area contributed by atoms with Gasteiger partial charge in [0.05, 0.1) is 12.7 Å². The van der Waals surface area contributed by atoms with E-state index in [2.05, 4.69) is 23.9 Å². The Labute approximate surface area is 120 Å². The van der Waals surface area contributed by atoms with Gasteiger partial charge in [0, 0.05) is 24.7 Å². The minimum Gasteiger partial charge on any atom is -0.409 e. The molecule has 1 aromatic carbocycles. The highest BCUT2D eigenvalue weighted by atomic mass is 16.5. The maximum absolute atomic E-state index is 8.66. The van der Waals surface area contributed by atoms with Crippen molar-refractivity contribution in [2.24, 2.45) is 10.9 Å². The Morgan fingerprint density at radius 2 is 2.15 bits per heavy atom. The van der Waals surface area contributed by atoms with Crippen molar-refractivity contribution in [3.05, 3.63) is 35.4 Å². The summed E-state index contributed by atoms with van der Waals surface area (Å²) in [6, 6.07) is 8.31. The molecular weight excluding hydrogens is 254 g/mol. The first kappa shape index (κ1) is 14.8. The van der Waals surface area contributed by atoms with Gasteiger partial charge in [0.2, 0.25) is 0 Å². The molecule has 0 aromatic heterocycles. The van der Waals surface area contributed by atoms with Crippen molar-refractivity contribution in [2.45, 2.75) is 39.0 Å². The molecule has 2 unspecified atom stereocenters. The second-order valence-corrected chi connectivity index (χ2v) is 5.32. The van der Waals surface area contributed by atoms with E-state index < -0.39 is 0 Å². The van der Waals surface area contributed by atoms with Gasteiger partial charge in [-0.3, -0.25) is 4.90 Å². The van der Waals surface area contributed by atoms with Crippen LogP contribution < -0.4 is 5.73 Å². The first-order chi connectivity index (χ1) is 9.63. The lowest BCUT2D eigenvalue weighted by Gasteiger charge is -2.38. The van der Waals surface area contributed by atoms with Crippen LogP contribution in [0.5, 0.6) is 0 Å². The van der Waals surface area contributed by atoms with Gasteiger partial charge < -0.3 is 15.7 Å². The van der Waals surface area contributed by atoms with Gasteiger partial charge in [-0.15, -0.1) is 0 Å². The van der Waals surface area contributed by atoms with E-state index in [0.29, 0.717) is 6.04 Å². The molecule has 20 heavy (non-hydrogen) atoms. The number of benzene rings is 1. The van der Waals surface area contributed by atoms with Crippen molar-refractivity contribution in [3.63, 3.8) is 0 Å². The summed E-state index contributed by atoms with van der Waals surface area (Å²) in [6.45, 7) is 6.97. The molecule has 5 nitrogen and oxygen atoms in total. The van der Waals surface area contributed by atoms with Gasteiger partial charge in [0.15, 0.2) is 5.84 Å². The fourth-order valence-corrected chi connectivity index (χ4v) is 2.56. The number of hydrogen-bond donors (Lipinski definition) is 2. The summed E-state index contributed by atoms with van der Waals surface area (Å²) >= 11 is 0. The summed E-state index contributed by atoms with van der Waals surface area (Å²) in [6.07, 6.45) is 1.38. The lowest BCUT2D eigenvalue weighted by Crippen LogP contribution is -2.47. The Morgan fingerprint density at radius 3 is 2.75 bits per heavy atom. The van der Waals surface area contributed by atoms with E-state index in [-0.39, 0.29) is 11.9 Å². The highest BCUT2D eigenvalue weighted by molar-refractivity contribution is 5.96. The highest BCUT2D eigenvalue weighted by Gasteiger charge is 2.25. The topological polar surface area (TPSA) is 71.1 Å². The Bertz CT molecular complexity index is 459. The molecule has 1 aliphatic heterocycles. The molecule has 0 bridgehead atoms. The van der Waals surface area contributed by atoms with Gasteiger partial charge >= 0.3 is 0 Å². The molecule has 1 fully saturated rings. The lowest BCUT2D eigenvalue weighted by molar-refractivity contribution is -0.0592. The van der Waals surface area contributed by atoms with Crippen LogP contribution in [0.25, 0.3) is 0 Å². The van der Waals surface area contributed by atoms with Crippen LogP contribution in [0.1, 0.15) is 31.4 Å². The van der Waals surface area contributed by atoms with E-state index in [1.165, 1.54) is 5.56 Å². The van der Waals surface area contributed by atoms with E-state index in [9.17, 15) is 0 Å². The third-order valence-corrected chi connectivity index (χ3v) is 3.80. The minimum atomic E-state index is 0.142. The van der Waals surface area contributed by atoms with Gasteiger partial charge in [0.25, 0.3) is 0 Å². The first-order valence-corrected chi connectivity index (χ1v) is 7.06. The third kappa shape index (κ3) is 3.49. The molecule has 0 amide bonds. The number of nitrogens with two attached hydrogens (primary N) is 1. The van der Waals surface area contributed by atoms with Crippen LogP contribution >= 0.6 is 0 Å². The maximum atomic E-state index is 8.66. The number of amidine groups is 1. The molecule has 0 spiro atoms. The van der Waals surface area contributed by atoms with Gasteiger partial charge in [-0.1, -0.05) is 36.3 Å². The van der Waals surface area contributed by atoms with E-state index >= 15 is 0 Å². The van der Waals surface area contributed by atoms with Crippen LogP contribution in [0.4, 0.5) is 0 Å². The van der Waals surface area contributed by atoms with Crippen LogP contribution in [0.15, 0.2) is 29.4 Å². The number of hydrogen-bond acceptors (Lipinski definition) is 4. The predicted octanol–water partition coefficient (Wildman–Crippen LogP) is 1.78. The largest absolute Gasteiger partial charge is 0.409 e. The summed E-state index contributed by atoms with van der Waals surface area (Å²) < 4.78 is 5.71. The molecule has 1 heterocycles. The molecule has 1 saturated heterocycles. The van der Waals surface area contributed by atoms with Crippen molar-refractivity contribution < 1.29 is 9.94 Å². The van der Waals surface area contributed by atoms with Gasteiger partial charge in [-0.25, -0.2) is 0 Å². The fraction of sp³-hybridized carbons (Fsp3) is 0.533. The molecule has 1 aliphatic rings. The number of morpholine rings is 1. The van der Waals surface area contributed by atoms with Crippen LogP contribution in [0.3, 0.4) is 0 Å². The van der Waals surface area contributed by atoms with Crippen LogP contribution in [-0.2, 0) is 11.3 Å². The maximum Gasteiger partial charge on any atom is 0.170 e. The van der Waals surface area contributed by atoms with Gasteiger partial charge in [-0.05, 0) is 18.9 Å². The van der Waals surface area contributed by atoms with E-state index in [1.807, 2.05) is 24.3 Å². The lowest BCUT2D eigenvalue weighted by atomic mass is 10.1. The van der Waals surface area contributed by atoms with Gasteiger partial charge in [-0.2, -0.15) is 0 Å². The van der Waals surface area contributed by atoms with Gasteiger partial charge in [0.1, 0.15) is 0 Å². The second-order valence-electron chi connectivity index (χ2n) is 5.32. The zero-order chi connectivity index (χ0) is 14.5. The number of nitrogens with zero attached hydrogens (tertiary/aromatic N) is 2. The smallest absolute Gasteiger partial charge is 0.170 e. The zero-order valence-corrected chi connectivity index (χ0v) is 12.1. The average molecular weight is 277 g/mol. The first-order valence-electron chi connectivity index (χ1n) is 7.06. The van der Waals surface area contributed by atoms with Crippen LogP contribution in [-0.4, -0.2) is 41.2 Å². The Morgan fingerprint density at radius 1 is 1.45 bits per heavy atom. The van der Waals surface area contributed by atoms with E-state index in [0.717, 1.165) is 31.7 Å². The molecule has 1 aromatic rings. The fourth-order valence-electron chi connectivity index (χ4n) is 2.56. The van der Waals surface area contributed by atoms with Crippen LogP contribution in [0.2, 0.25) is 0 Å². The summed E-state index contributed by atoms with van der Waals surface area (Å²) in [5.41, 5.74) is 7.53. The molecule has 0 aliphatic carbocycles. The Kier molecular flexibility index (Phi) is 4.98. The predicted molar refractivity (Wildman–Crippen MR) is 78.9 cm³/mol. The Hall–Kier alpha value is -1.59. The van der Waals surface area contributed by atoms with Crippen molar-refractivity contribution in [1.82, 2.24) is 4.90 Å². The number of oxime groups is 1. The standard InChI is InChI=1S/C15H23N3O2/c1-3-14-10-20-11(2)8-18(14)9-12-4-6-13(7-5-12)15(16)17-19/h4-7,11,14,19H,3,8-10H2,1-2H3,(H2,16,17). The molecule has 2 rings (SSSR count). The molecular formula is C15H23N3O2. The molecule has 5 heteroatoms. The molecule has 0 radical (unpaired) electrons. The monoisotopic (exact) mass is 277 g/mol. The number of rotatable bonds is 4. The molecule has 2 atom stereocenters. The van der Waals surface area contributed by atoms with Crippen molar-refractivity contribution in [1.29, 1.82) is 0 Å². The van der Waals surface area contributed by atoms with E-state index in [1.54, 1.807) is 0 Å². The van der Waals surface area contributed by atoms with Crippen molar-refractivity contribution in [2.75, 3.05) is 13.2 Å². The summed E-state index contributed by atoms with van der Waals surface area (Å²) in [7, 11) is 0. The highest BCUT2D eigenvalue weighted by Crippen LogP contribution is 2.18. The van der Waals surface area contributed by atoms with Crippen LogP contribution in [0, 0.1) is 0 Å². The SMILES string of the molecule is CCC1COC(C)CN1Cc1ccc(C(N)=NO)cc1. The number of ether oxygens (including phenoxy) is 1. The third-order valence-electron chi connectivity index (χ3n) is 3.80. The molecule has 3 N–H and O–H groups in total. The minimum absolute atomic E-state index is 0.142. The molecule has 0 saturated carbocycles. The summed E-state index contributed by atoms with van der Waals surface area (Å²) in [4.78, 5) is 2.46. The van der Waals surface area contributed by atoms with Crippen molar-refractivity contribution >= 4 is 5.84 Å².